The predicted octanol–water partition coefficient (Wildman–Crippen LogP) is 2.41. The maximum absolute atomic E-state index is 9.20. The Kier molecular flexibility index (Phi) is 6.12. The molecule has 0 aromatic carbocycles. The molecular formula is C17H26N4O2. The summed E-state index contributed by atoms with van der Waals surface area (Å²) in [5.74, 6) is 1.85. The van der Waals surface area contributed by atoms with Gasteiger partial charge in [-0.1, -0.05) is 13.8 Å². The van der Waals surface area contributed by atoms with Crippen molar-refractivity contribution in [3.8, 4) is 11.6 Å². The molecule has 2 rings (SSSR count). The fourth-order valence-corrected chi connectivity index (χ4v) is 2.57. The highest BCUT2D eigenvalue weighted by Crippen LogP contribution is 2.27. The highest BCUT2D eigenvalue weighted by atomic mass is 16.5. The number of nitrogens with one attached hydrogen (secondary N) is 1. The van der Waals surface area contributed by atoms with E-state index < -0.39 is 0 Å². The second kappa shape index (κ2) is 8.08. The van der Waals surface area contributed by atoms with Crippen molar-refractivity contribution in [3.63, 3.8) is 0 Å². The monoisotopic (exact) mass is 318 g/mol. The molecule has 6 nitrogen and oxygen atoms in total. The Morgan fingerprint density at radius 1 is 1.39 bits per heavy atom. The van der Waals surface area contributed by atoms with Crippen LogP contribution in [0.15, 0.2) is 24.5 Å². The molecule has 1 unspecified atom stereocenters. The van der Waals surface area contributed by atoms with Crippen molar-refractivity contribution in [3.05, 3.63) is 35.8 Å². The van der Waals surface area contributed by atoms with Crippen LogP contribution in [0.2, 0.25) is 0 Å². The van der Waals surface area contributed by atoms with Crippen LogP contribution in [0, 0.1) is 12.8 Å². The van der Waals surface area contributed by atoms with E-state index in [4.69, 9.17) is 4.74 Å². The van der Waals surface area contributed by atoms with Crippen LogP contribution in [-0.2, 0) is 13.6 Å². The number of hydrogen-bond donors (Lipinski definition) is 2. The highest BCUT2D eigenvalue weighted by molar-refractivity contribution is 5.34. The minimum Gasteiger partial charge on any atom is -0.437 e. The van der Waals surface area contributed by atoms with E-state index in [2.05, 4.69) is 29.2 Å². The van der Waals surface area contributed by atoms with Gasteiger partial charge in [-0.15, -0.1) is 0 Å². The number of aliphatic hydroxyl groups is 1. The van der Waals surface area contributed by atoms with Gasteiger partial charge in [0.1, 0.15) is 5.75 Å². The Bertz CT molecular complexity index is 611. The van der Waals surface area contributed by atoms with Crippen molar-refractivity contribution in [2.24, 2.45) is 13.0 Å². The third-order valence-corrected chi connectivity index (χ3v) is 3.92. The SMILES string of the molecule is Cc1nn(C)c(Oc2cccnc2)c1CNC(CCO)C(C)C. The molecule has 0 fully saturated rings. The zero-order valence-electron chi connectivity index (χ0n) is 14.3. The van der Waals surface area contributed by atoms with E-state index in [-0.39, 0.29) is 12.6 Å². The molecule has 0 spiro atoms. The third kappa shape index (κ3) is 4.53. The molecule has 0 saturated heterocycles. The maximum Gasteiger partial charge on any atom is 0.222 e. The number of ether oxygens (including phenoxy) is 1. The van der Waals surface area contributed by atoms with E-state index in [1.807, 2.05) is 26.1 Å². The predicted molar refractivity (Wildman–Crippen MR) is 89.4 cm³/mol. The van der Waals surface area contributed by atoms with E-state index in [0.717, 1.165) is 23.6 Å². The molecule has 0 aliphatic heterocycles. The molecule has 0 aliphatic carbocycles. The number of aryl methyl sites for hydroxylation is 2. The first kappa shape index (κ1) is 17.4. The highest BCUT2D eigenvalue weighted by Gasteiger charge is 2.18. The number of hydrogen-bond acceptors (Lipinski definition) is 5. The Morgan fingerprint density at radius 3 is 2.78 bits per heavy atom. The third-order valence-electron chi connectivity index (χ3n) is 3.92. The van der Waals surface area contributed by atoms with Crippen molar-refractivity contribution in [1.29, 1.82) is 0 Å². The van der Waals surface area contributed by atoms with E-state index in [0.29, 0.717) is 18.2 Å². The average molecular weight is 318 g/mol. The standard InChI is InChI=1S/C17H26N4O2/c1-12(2)16(7-9-22)19-11-15-13(3)20-21(4)17(15)23-14-6-5-8-18-10-14/h5-6,8,10,12,16,19,22H,7,9,11H2,1-4H3. The van der Waals surface area contributed by atoms with Gasteiger partial charge in [-0.3, -0.25) is 4.98 Å². The molecule has 1 atom stereocenters. The van der Waals surface area contributed by atoms with Crippen molar-refractivity contribution >= 4 is 0 Å². The summed E-state index contributed by atoms with van der Waals surface area (Å²) >= 11 is 0. The second-order valence-electron chi connectivity index (χ2n) is 6.03. The van der Waals surface area contributed by atoms with Crippen molar-refractivity contribution in [2.45, 2.75) is 39.8 Å². The van der Waals surface area contributed by atoms with Gasteiger partial charge in [0, 0.05) is 32.4 Å². The molecule has 0 amide bonds. The summed E-state index contributed by atoms with van der Waals surface area (Å²) < 4.78 is 7.71. The van der Waals surface area contributed by atoms with Crippen LogP contribution in [0.4, 0.5) is 0 Å². The van der Waals surface area contributed by atoms with Gasteiger partial charge in [-0.25, -0.2) is 4.68 Å². The first-order chi connectivity index (χ1) is 11.0. The van der Waals surface area contributed by atoms with Gasteiger partial charge < -0.3 is 15.2 Å². The summed E-state index contributed by atoms with van der Waals surface area (Å²) in [5, 5.41) is 17.2. The summed E-state index contributed by atoms with van der Waals surface area (Å²) in [4.78, 5) is 4.07. The lowest BCUT2D eigenvalue weighted by Crippen LogP contribution is -2.34. The Morgan fingerprint density at radius 2 is 2.17 bits per heavy atom. The zero-order valence-corrected chi connectivity index (χ0v) is 14.3. The molecule has 126 valence electrons. The van der Waals surface area contributed by atoms with Crippen LogP contribution in [0.5, 0.6) is 11.6 Å². The fourth-order valence-electron chi connectivity index (χ4n) is 2.57. The molecule has 0 radical (unpaired) electrons. The average Bonchev–Trinajstić information content (AvgIpc) is 2.78. The van der Waals surface area contributed by atoms with E-state index in [9.17, 15) is 5.11 Å². The quantitative estimate of drug-likeness (QED) is 0.782. The van der Waals surface area contributed by atoms with Crippen LogP contribution in [-0.4, -0.2) is 32.5 Å². The zero-order chi connectivity index (χ0) is 16.8. The number of aliphatic hydroxyl groups excluding tert-OH is 1. The number of pyridine rings is 1. The lowest BCUT2D eigenvalue weighted by molar-refractivity contribution is 0.243. The van der Waals surface area contributed by atoms with Crippen molar-refractivity contribution in [2.75, 3.05) is 6.61 Å². The maximum atomic E-state index is 9.20. The van der Waals surface area contributed by atoms with Gasteiger partial charge in [0.25, 0.3) is 0 Å². The molecule has 2 aromatic heterocycles. The number of nitrogens with zero attached hydrogens (tertiary/aromatic N) is 3. The van der Waals surface area contributed by atoms with Gasteiger partial charge in [0.2, 0.25) is 5.88 Å². The Hall–Kier alpha value is -1.92. The minimum absolute atomic E-state index is 0.181. The first-order valence-corrected chi connectivity index (χ1v) is 7.97. The van der Waals surface area contributed by atoms with Gasteiger partial charge in [-0.05, 0) is 31.4 Å². The lowest BCUT2D eigenvalue weighted by atomic mass is 10.0. The van der Waals surface area contributed by atoms with E-state index >= 15 is 0 Å². The molecule has 0 bridgehead atoms. The smallest absolute Gasteiger partial charge is 0.222 e. The topological polar surface area (TPSA) is 72.2 Å². The van der Waals surface area contributed by atoms with Crippen LogP contribution in [0.3, 0.4) is 0 Å². The summed E-state index contributed by atoms with van der Waals surface area (Å²) in [6, 6.07) is 3.97. The summed E-state index contributed by atoms with van der Waals surface area (Å²) in [5.41, 5.74) is 1.96. The molecule has 2 heterocycles. The van der Waals surface area contributed by atoms with Gasteiger partial charge in [-0.2, -0.15) is 5.10 Å². The van der Waals surface area contributed by atoms with Gasteiger partial charge >= 0.3 is 0 Å². The molecule has 0 aliphatic rings. The molecular weight excluding hydrogens is 292 g/mol. The van der Waals surface area contributed by atoms with Crippen molar-refractivity contribution in [1.82, 2.24) is 20.1 Å². The Labute approximate surface area is 137 Å². The van der Waals surface area contributed by atoms with Crippen LogP contribution in [0.1, 0.15) is 31.5 Å². The summed E-state index contributed by atoms with van der Waals surface area (Å²) in [6.45, 7) is 7.11. The normalized spacial score (nSPS) is 12.6. The second-order valence-corrected chi connectivity index (χ2v) is 6.03. The van der Waals surface area contributed by atoms with Gasteiger partial charge in [0.15, 0.2) is 0 Å². The summed E-state index contributed by atoms with van der Waals surface area (Å²) in [6.07, 6.45) is 4.13. The fraction of sp³-hybridized carbons (Fsp3) is 0.529. The minimum atomic E-state index is 0.181. The van der Waals surface area contributed by atoms with Crippen LogP contribution < -0.4 is 10.1 Å². The molecule has 2 N–H and O–H groups in total. The molecule has 23 heavy (non-hydrogen) atoms. The number of aromatic nitrogens is 3. The first-order valence-electron chi connectivity index (χ1n) is 7.97. The molecule has 0 saturated carbocycles. The van der Waals surface area contributed by atoms with E-state index in [1.54, 1.807) is 17.1 Å². The number of rotatable bonds is 8. The lowest BCUT2D eigenvalue weighted by Gasteiger charge is -2.21. The van der Waals surface area contributed by atoms with E-state index in [1.165, 1.54) is 0 Å². The van der Waals surface area contributed by atoms with Crippen LogP contribution in [0.25, 0.3) is 0 Å². The molecule has 6 heteroatoms. The van der Waals surface area contributed by atoms with Gasteiger partial charge in [0.05, 0.1) is 17.5 Å². The molecule has 2 aromatic rings. The van der Waals surface area contributed by atoms with Crippen LogP contribution >= 0.6 is 0 Å². The van der Waals surface area contributed by atoms with Crippen molar-refractivity contribution < 1.29 is 9.84 Å². The Balaban J connectivity index is 2.15. The largest absolute Gasteiger partial charge is 0.437 e. The summed E-state index contributed by atoms with van der Waals surface area (Å²) in [7, 11) is 1.87.